The first-order valence-corrected chi connectivity index (χ1v) is 4.08. The molecule has 1 aromatic carbocycles. The fraction of sp³-hybridized carbons (Fsp3) is 0. The van der Waals surface area contributed by atoms with Crippen molar-refractivity contribution in [2.24, 2.45) is 0 Å². The van der Waals surface area contributed by atoms with Crippen molar-refractivity contribution in [3.05, 3.63) is 39.9 Å². The van der Waals surface area contributed by atoms with E-state index in [1.165, 1.54) is 12.1 Å². The van der Waals surface area contributed by atoms with E-state index < -0.39 is 17.1 Å². The molecule has 15 heavy (non-hydrogen) atoms. The van der Waals surface area contributed by atoms with Gasteiger partial charge >= 0.3 is 0 Å². The molecule has 0 saturated heterocycles. The standard InChI is InChI=1S/C10H5FN2O2/c11-9-5(4-12)1-2-7-6(9)3-8(14)10(15)13-7/h1-3,14H,(H,13,15). The molecule has 0 unspecified atom stereocenters. The Morgan fingerprint density at radius 2 is 2.20 bits per heavy atom. The molecule has 5 heteroatoms. The Morgan fingerprint density at radius 1 is 1.47 bits per heavy atom. The van der Waals surface area contributed by atoms with Crippen molar-refractivity contribution in [2.45, 2.75) is 0 Å². The first-order valence-electron chi connectivity index (χ1n) is 4.08. The van der Waals surface area contributed by atoms with Gasteiger partial charge in [0.2, 0.25) is 0 Å². The average Bonchev–Trinajstić information content (AvgIpc) is 2.22. The molecule has 0 fully saturated rings. The largest absolute Gasteiger partial charge is 0.503 e. The third-order valence-corrected chi connectivity index (χ3v) is 2.06. The summed E-state index contributed by atoms with van der Waals surface area (Å²) in [6, 6.07) is 5.36. The molecule has 2 rings (SSSR count). The number of fused-ring (bicyclic) bond motifs is 1. The molecule has 0 bridgehead atoms. The quantitative estimate of drug-likeness (QED) is 0.677. The molecule has 0 aliphatic carbocycles. The lowest BCUT2D eigenvalue weighted by atomic mass is 10.1. The van der Waals surface area contributed by atoms with Gasteiger partial charge in [-0.2, -0.15) is 5.26 Å². The number of benzene rings is 1. The number of nitrogens with zero attached hydrogens (tertiary/aromatic N) is 1. The van der Waals surface area contributed by atoms with Gasteiger partial charge in [0.15, 0.2) is 5.75 Å². The van der Waals surface area contributed by atoms with Crippen LogP contribution >= 0.6 is 0 Å². The summed E-state index contributed by atoms with van der Waals surface area (Å²) in [6.07, 6.45) is 0. The normalized spacial score (nSPS) is 10.1. The van der Waals surface area contributed by atoms with Crippen LogP contribution in [-0.2, 0) is 0 Å². The van der Waals surface area contributed by atoms with Crippen LogP contribution in [0.1, 0.15) is 5.56 Å². The highest BCUT2D eigenvalue weighted by Crippen LogP contribution is 2.20. The zero-order chi connectivity index (χ0) is 11.0. The minimum Gasteiger partial charge on any atom is -0.503 e. The van der Waals surface area contributed by atoms with E-state index >= 15 is 0 Å². The summed E-state index contributed by atoms with van der Waals surface area (Å²) in [4.78, 5) is 13.3. The van der Waals surface area contributed by atoms with Gasteiger partial charge in [0.25, 0.3) is 5.56 Å². The fourth-order valence-corrected chi connectivity index (χ4v) is 1.32. The Labute approximate surface area is 83.2 Å². The Bertz CT molecular complexity index is 640. The smallest absolute Gasteiger partial charge is 0.290 e. The lowest BCUT2D eigenvalue weighted by molar-refractivity contribution is 0.467. The van der Waals surface area contributed by atoms with Crippen LogP contribution in [0.4, 0.5) is 4.39 Å². The number of rotatable bonds is 0. The Morgan fingerprint density at radius 3 is 2.87 bits per heavy atom. The molecule has 0 amide bonds. The SMILES string of the molecule is N#Cc1ccc2[nH]c(=O)c(O)cc2c1F. The third kappa shape index (κ3) is 1.32. The molecule has 0 saturated carbocycles. The summed E-state index contributed by atoms with van der Waals surface area (Å²) in [5, 5.41) is 17.7. The van der Waals surface area contributed by atoms with Crippen LogP contribution in [0.2, 0.25) is 0 Å². The van der Waals surface area contributed by atoms with Gasteiger partial charge in [-0.1, -0.05) is 0 Å². The van der Waals surface area contributed by atoms with Crippen LogP contribution in [-0.4, -0.2) is 10.1 Å². The topological polar surface area (TPSA) is 76.9 Å². The number of H-pyrrole nitrogens is 1. The van der Waals surface area contributed by atoms with E-state index in [0.29, 0.717) is 0 Å². The van der Waals surface area contributed by atoms with Crippen molar-refractivity contribution in [3.63, 3.8) is 0 Å². The molecule has 2 N–H and O–H groups in total. The van der Waals surface area contributed by atoms with Crippen LogP contribution in [0.25, 0.3) is 10.9 Å². The fourth-order valence-electron chi connectivity index (χ4n) is 1.32. The van der Waals surface area contributed by atoms with Crippen molar-refractivity contribution in [3.8, 4) is 11.8 Å². The molecule has 4 nitrogen and oxygen atoms in total. The highest BCUT2D eigenvalue weighted by atomic mass is 19.1. The summed E-state index contributed by atoms with van der Waals surface area (Å²) in [6.45, 7) is 0. The first kappa shape index (κ1) is 9.21. The number of hydrogen-bond acceptors (Lipinski definition) is 3. The second-order valence-electron chi connectivity index (χ2n) is 2.98. The number of aromatic nitrogens is 1. The van der Waals surface area contributed by atoms with E-state index in [-0.39, 0.29) is 16.5 Å². The summed E-state index contributed by atoms with van der Waals surface area (Å²) < 4.78 is 13.5. The van der Waals surface area contributed by atoms with Gasteiger partial charge < -0.3 is 10.1 Å². The minimum atomic E-state index is -0.749. The zero-order valence-electron chi connectivity index (χ0n) is 7.41. The maximum absolute atomic E-state index is 13.5. The van der Waals surface area contributed by atoms with E-state index in [0.717, 1.165) is 6.07 Å². The van der Waals surface area contributed by atoms with Gasteiger partial charge in [-0.3, -0.25) is 4.79 Å². The van der Waals surface area contributed by atoms with E-state index in [9.17, 15) is 9.18 Å². The maximum atomic E-state index is 13.5. The lowest BCUT2D eigenvalue weighted by Gasteiger charge is -2.01. The first-order chi connectivity index (χ1) is 7.13. The second kappa shape index (κ2) is 3.10. The predicted octanol–water partition coefficient (Wildman–Crippen LogP) is 1.24. The molecule has 2 aromatic rings. The van der Waals surface area contributed by atoms with Crippen LogP contribution in [0.15, 0.2) is 23.0 Å². The Hall–Kier alpha value is -2.35. The summed E-state index contributed by atoms with van der Waals surface area (Å²) in [5.74, 6) is -1.32. The number of nitrogens with one attached hydrogen (secondary N) is 1. The van der Waals surface area contributed by atoms with Crippen LogP contribution in [0.3, 0.4) is 0 Å². The molecule has 0 atom stereocenters. The Kier molecular flexibility index (Phi) is 1.90. The van der Waals surface area contributed by atoms with Crippen molar-refractivity contribution in [1.82, 2.24) is 4.98 Å². The third-order valence-electron chi connectivity index (χ3n) is 2.06. The number of hydrogen-bond donors (Lipinski definition) is 2. The molecular weight excluding hydrogens is 199 g/mol. The van der Waals surface area contributed by atoms with Gasteiger partial charge in [-0.25, -0.2) is 4.39 Å². The summed E-state index contributed by atoms with van der Waals surface area (Å²) in [7, 11) is 0. The molecule has 0 radical (unpaired) electrons. The van der Waals surface area contributed by atoms with Gasteiger partial charge in [0.1, 0.15) is 11.9 Å². The van der Waals surface area contributed by atoms with Crippen LogP contribution < -0.4 is 5.56 Å². The van der Waals surface area contributed by atoms with Gasteiger partial charge in [0.05, 0.1) is 11.1 Å². The molecule has 74 valence electrons. The highest BCUT2D eigenvalue weighted by molar-refractivity contribution is 5.81. The number of aromatic amines is 1. The maximum Gasteiger partial charge on any atom is 0.290 e. The number of nitriles is 1. The number of halogens is 1. The monoisotopic (exact) mass is 204 g/mol. The van der Waals surface area contributed by atoms with E-state index in [2.05, 4.69) is 4.98 Å². The summed E-state index contributed by atoms with van der Waals surface area (Å²) in [5.41, 5.74) is -0.574. The molecule has 1 heterocycles. The van der Waals surface area contributed by atoms with Crippen LogP contribution in [0, 0.1) is 17.1 Å². The van der Waals surface area contributed by atoms with Gasteiger partial charge in [-0.15, -0.1) is 0 Å². The molecule has 0 aliphatic heterocycles. The second-order valence-corrected chi connectivity index (χ2v) is 2.98. The summed E-state index contributed by atoms with van der Waals surface area (Å²) >= 11 is 0. The highest BCUT2D eigenvalue weighted by Gasteiger charge is 2.09. The van der Waals surface area contributed by atoms with E-state index in [1.807, 2.05) is 0 Å². The molecule has 1 aromatic heterocycles. The van der Waals surface area contributed by atoms with Gasteiger partial charge in [-0.05, 0) is 18.2 Å². The van der Waals surface area contributed by atoms with E-state index in [4.69, 9.17) is 10.4 Å². The van der Waals surface area contributed by atoms with Gasteiger partial charge in [0, 0.05) is 5.39 Å². The number of pyridine rings is 1. The van der Waals surface area contributed by atoms with E-state index in [1.54, 1.807) is 6.07 Å². The number of aromatic hydroxyl groups is 1. The van der Waals surface area contributed by atoms with Crippen LogP contribution in [0.5, 0.6) is 5.75 Å². The predicted molar refractivity (Wildman–Crippen MR) is 50.9 cm³/mol. The van der Waals surface area contributed by atoms with Crippen molar-refractivity contribution >= 4 is 10.9 Å². The van der Waals surface area contributed by atoms with Crippen molar-refractivity contribution in [1.29, 1.82) is 5.26 Å². The van der Waals surface area contributed by atoms with Crippen molar-refractivity contribution in [2.75, 3.05) is 0 Å². The average molecular weight is 204 g/mol. The Balaban J connectivity index is 2.95. The zero-order valence-corrected chi connectivity index (χ0v) is 7.41. The molecule has 0 spiro atoms. The minimum absolute atomic E-state index is 0.0196. The molecule has 0 aliphatic rings. The van der Waals surface area contributed by atoms with Crippen molar-refractivity contribution < 1.29 is 9.50 Å². The molecular formula is C10H5FN2O2. The lowest BCUT2D eigenvalue weighted by Crippen LogP contribution is -2.05.